The summed E-state index contributed by atoms with van der Waals surface area (Å²) in [5, 5.41) is 3.10. The topological polar surface area (TPSA) is 61.8 Å². The molecule has 1 aliphatic rings. The van der Waals surface area contributed by atoms with E-state index in [1.54, 1.807) is 6.92 Å². The number of hydrogen-bond acceptors (Lipinski definition) is 4. The summed E-state index contributed by atoms with van der Waals surface area (Å²) in [5.41, 5.74) is 3.84. The molecule has 0 saturated carbocycles. The van der Waals surface area contributed by atoms with E-state index in [-0.39, 0.29) is 17.4 Å². The molecule has 1 aliphatic carbocycles. The molecule has 5 nitrogen and oxygen atoms in total. The van der Waals surface area contributed by atoms with Gasteiger partial charge in [-0.05, 0) is 43.7 Å². The van der Waals surface area contributed by atoms with Crippen molar-refractivity contribution in [3.8, 4) is 0 Å². The van der Waals surface area contributed by atoms with Gasteiger partial charge in [-0.15, -0.1) is 0 Å². The van der Waals surface area contributed by atoms with Gasteiger partial charge >= 0.3 is 0 Å². The first-order valence-corrected chi connectivity index (χ1v) is 7.86. The second-order valence-corrected chi connectivity index (χ2v) is 6.27. The van der Waals surface area contributed by atoms with Crippen molar-refractivity contribution in [3.63, 3.8) is 0 Å². The minimum Gasteiger partial charge on any atom is -0.378 e. The van der Waals surface area contributed by atoms with E-state index < -0.39 is 0 Å². The number of halogens is 1. The molecule has 1 aromatic rings. The van der Waals surface area contributed by atoms with Gasteiger partial charge in [0.15, 0.2) is 0 Å². The molecule has 1 N–H and O–H groups in total. The molecule has 0 radical (unpaired) electrons. The molecule has 0 fully saturated rings. The molecule has 0 spiro atoms. The smallest absolute Gasteiger partial charge is 0.221 e. The number of nitrogens with zero attached hydrogens (tertiary/aromatic N) is 2. The number of allylic oxidation sites excluding steroid dienone is 3. The van der Waals surface area contributed by atoms with E-state index in [1.165, 1.54) is 13.0 Å². The standard InChI is InChI=1S/C18H20ClN3O2/c1-10-8-16(24)18(20-12(3)23)11(2)17(10)21-15-7-6-13(22(4)5)9-14(15)19/h6-9H,1-5H3,(H,20,23). The highest BCUT2D eigenvalue weighted by molar-refractivity contribution is 6.34. The second-order valence-electron chi connectivity index (χ2n) is 5.86. The highest BCUT2D eigenvalue weighted by atomic mass is 35.5. The molecule has 1 amide bonds. The number of nitrogens with one attached hydrogen (secondary N) is 1. The van der Waals surface area contributed by atoms with Crippen molar-refractivity contribution < 1.29 is 9.59 Å². The average Bonchev–Trinajstić information content (AvgIpc) is 2.48. The number of carbonyl (C=O) groups excluding carboxylic acids is 2. The number of anilines is 1. The van der Waals surface area contributed by atoms with Crippen molar-refractivity contribution in [2.24, 2.45) is 4.99 Å². The van der Waals surface area contributed by atoms with Gasteiger partial charge in [-0.1, -0.05) is 11.6 Å². The quantitative estimate of drug-likeness (QED) is 0.854. The maximum absolute atomic E-state index is 12.1. The van der Waals surface area contributed by atoms with Gasteiger partial charge in [0.25, 0.3) is 0 Å². The van der Waals surface area contributed by atoms with Gasteiger partial charge < -0.3 is 10.2 Å². The Morgan fingerprint density at radius 2 is 1.92 bits per heavy atom. The van der Waals surface area contributed by atoms with Crippen LogP contribution in [0.25, 0.3) is 0 Å². The third-order valence-electron chi connectivity index (χ3n) is 3.68. The van der Waals surface area contributed by atoms with Crippen molar-refractivity contribution in [2.45, 2.75) is 20.8 Å². The van der Waals surface area contributed by atoms with Gasteiger partial charge in [-0.25, -0.2) is 4.99 Å². The molecular formula is C18H20ClN3O2. The lowest BCUT2D eigenvalue weighted by Gasteiger charge is -2.19. The Hall–Kier alpha value is -2.40. The highest BCUT2D eigenvalue weighted by Gasteiger charge is 2.23. The third-order valence-corrected chi connectivity index (χ3v) is 3.98. The second kappa shape index (κ2) is 7.01. The Balaban J connectivity index is 2.51. The van der Waals surface area contributed by atoms with Gasteiger partial charge in [0.2, 0.25) is 11.7 Å². The lowest BCUT2D eigenvalue weighted by molar-refractivity contribution is -0.120. The SMILES string of the molecule is CC(=O)NC1=C(C)C(=Nc2ccc(N(C)C)cc2Cl)C(C)=CC1=O. The number of benzene rings is 1. The molecule has 0 saturated heterocycles. The molecule has 2 rings (SSSR count). The number of rotatable bonds is 3. The molecule has 0 heterocycles. The average molecular weight is 346 g/mol. The summed E-state index contributed by atoms with van der Waals surface area (Å²) >= 11 is 6.33. The zero-order valence-electron chi connectivity index (χ0n) is 14.4. The van der Waals surface area contributed by atoms with Gasteiger partial charge in [0.05, 0.1) is 22.1 Å². The van der Waals surface area contributed by atoms with Gasteiger partial charge in [0, 0.05) is 32.3 Å². The number of carbonyl (C=O) groups is 2. The van der Waals surface area contributed by atoms with Crippen LogP contribution in [0.4, 0.5) is 11.4 Å². The Kier molecular flexibility index (Phi) is 5.24. The number of hydrogen-bond donors (Lipinski definition) is 1. The van der Waals surface area contributed by atoms with Gasteiger partial charge in [-0.3, -0.25) is 9.59 Å². The van der Waals surface area contributed by atoms with Gasteiger partial charge in [-0.2, -0.15) is 0 Å². The zero-order valence-corrected chi connectivity index (χ0v) is 15.2. The van der Waals surface area contributed by atoms with Crippen LogP contribution in [0.2, 0.25) is 5.02 Å². The fourth-order valence-corrected chi connectivity index (χ4v) is 2.64. The Labute approximate surface area is 146 Å². The van der Waals surface area contributed by atoms with Crippen molar-refractivity contribution in [1.29, 1.82) is 0 Å². The van der Waals surface area contributed by atoms with E-state index in [0.29, 0.717) is 22.0 Å². The summed E-state index contributed by atoms with van der Waals surface area (Å²) in [6, 6.07) is 5.59. The molecular weight excluding hydrogens is 326 g/mol. The van der Waals surface area contributed by atoms with Crippen LogP contribution >= 0.6 is 11.6 Å². The first-order chi connectivity index (χ1) is 11.2. The molecule has 126 valence electrons. The van der Waals surface area contributed by atoms with Crippen LogP contribution < -0.4 is 10.2 Å². The Morgan fingerprint density at radius 3 is 2.46 bits per heavy atom. The maximum atomic E-state index is 12.1. The third kappa shape index (κ3) is 3.74. The first kappa shape index (κ1) is 17.9. The zero-order chi connectivity index (χ0) is 18.0. The van der Waals surface area contributed by atoms with Crippen molar-refractivity contribution in [2.75, 3.05) is 19.0 Å². The molecule has 0 unspecified atom stereocenters. The van der Waals surface area contributed by atoms with E-state index in [4.69, 9.17) is 11.6 Å². The number of ketones is 1. The van der Waals surface area contributed by atoms with Crippen LogP contribution in [-0.4, -0.2) is 31.5 Å². The van der Waals surface area contributed by atoms with E-state index in [9.17, 15) is 9.59 Å². The lowest BCUT2D eigenvalue weighted by atomic mass is 9.94. The summed E-state index contributed by atoms with van der Waals surface area (Å²) in [5.74, 6) is -0.522. The first-order valence-electron chi connectivity index (χ1n) is 7.48. The van der Waals surface area contributed by atoms with Crippen molar-refractivity contribution in [3.05, 3.63) is 46.1 Å². The van der Waals surface area contributed by atoms with Crippen LogP contribution in [0.5, 0.6) is 0 Å². The molecule has 24 heavy (non-hydrogen) atoms. The minimum atomic E-state index is -0.293. The van der Waals surface area contributed by atoms with Crippen LogP contribution in [-0.2, 0) is 9.59 Å². The molecule has 1 aromatic carbocycles. The minimum absolute atomic E-state index is 0.229. The van der Waals surface area contributed by atoms with Crippen LogP contribution in [0.1, 0.15) is 20.8 Å². The van der Waals surface area contributed by atoms with E-state index in [0.717, 1.165) is 11.3 Å². The van der Waals surface area contributed by atoms with Crippen molar-refractivity contribution in [1.82, 2.24) is 5.32 Å². The Bertz CT molecular complexity index is 804. The summed E-state index contributed by atoms with van der Waals surface area (Å²) in [6.45, 7) is 4.94. The predicted octanol–water partition coefficient (Wildman–Crippen LogP) is 3.42. The molecule has 0 atom stereocenters. The van der Waals surface area contributed by atoms with Crippen LogP contribution in [0.3, 0.4) is 0 Å². The van der Waals surface area contributed by atoms with Crippen LogP contribution in [0.15, 0.2) is 46.1 Å². The van der Waals surface area contributed by atoms with Crippen LogP contribution in [0, 0.1) is 0 Å². The summed E-state index contributed by atoms with van der Waals surface area (Å²) in [4.78, 5) is 30.0. The van der Waals surface area contributed by atoms with E-state index >= 15 is 0 Å². The largest absolute Gasteiger partial charge is 0.378 e. The number of aliphatic imine (C=N–C) groups is 1. The molecule has 6 heteroatoms. The fraction of sp³-hybridized carbons (Fsp3) is 0.278. The normalized spacial score (nSPS) is 16.3. The van der Waals surface area contributed by atoms with Crippen molar-refractivity contribution >= 4 is 40.4 Å². The molecule has 0 aromatic heterocycles. The van der Waals surface area contributed by atoms with Gasteiger partial charge in [0.1, 0.15) is 0 Å². The summed E-state index contributed by atoms with van der Waals surface area (Å²) in [7, 11) is 3.87. The monoisotopic (exact) mass is 345 g/mol. The van der Waals surface area contributed by atoms with E-state index in [2.05, 4.69) is 10.3 Å². The Morgan fingerprint density at radius 1 is 1.25 bits per heavy atom. The number of amides is 1. The molecule has 0 aliphatic heterocycles. The summed E-state index contributed by atoms with van der Waals surface area (Å²) < 4.78 is 0. The maximum Gasteiger partial charge on any atom is 0.221 e. The highest BCUT2D eigenvalue weighted by Crippen LogP contribution is 2.31. The fourth-order valence-electron chi connectivity index (χ4n) is 2.42. The summed E-state index contributed by atoms with van der Waals surface area (Å²) in [6.07, 6.45) is 1.47. The molecule has 0 bridgehead atoms. The predicted molar refractivity (Wildman–Crippen MR) is 98.2 cm³/mol. The lowest BCUT2D eigenvalue weighted by Crippen LogP contribution is -2.30. The van der Waals surface area contributed by atoms with E-state index in [1.807, 2.05) is 44.1 Å².